The van der Waals surface area contributed by atoms with Crippen LogP contribution in [0.25, 0.3) is 10.9 Å². The van der Waals surface area contributed by atoms with Crippen molar-refractivity contribution in [1.82, 2.24) is 24.9 Å². The van der Waals surface area contributed by atoms with Crippen LogP contribution in [0.2, 0.25) is 0 Å². The number of benzene rings is 1. The number of nitrogens with zero attached hydrogens (tertiary/aromatic N) is 4. The van der Waals surface area contributed by atoms with E-state index in [1.54, 1.807) is 4.68 Å². The highest BCUT2D eigenvalue weighted by Crippen LogP contribution is 2.28. The summed E-state index contributed by atoms with van der Waals surface area (Å²) >= 11 is 0. The molecule has 0 radical (unpaired) electrons. The molecule has 6 heteroatoms. The number of carbonyl (C=O) groups excluding carboxylic acids is 1. The summed E-state index contributed by atoms with van der Waals surface area (Å²) in [4.78, 5) is 18.1. The molecule has 27 heavy (non-hydrogen) atoms. The van der Waals surface area contributed by atoms with E-state index < -0.39 is 0 Å². The van der Waals surface area contributed by atoms with Gasteiger partial charge in [0.2, 0.25) is 0 Å². The fraction of sp³-hybridized carbons (Fsp3) is 0.619. The molecule has 6 nitrogen and oxygen atoms in total. The van der Waals surface area contributed by atoms with E-state index in [4.69, 9.17) is 0 Å². The molecule has 2 fully saturated rings. The maximum Gasteiger partial charge on any atom is 0.272 e. The second kappa shape index (κ2) is 7.24. The zero-order chi connectivity index (χ0) is 19.1. The van der Waals surface area contributed by atoms with Crippen LogP contribution < -0.4 is 5.32 Å². The molecule has 2 bridgehead atoms. The zero-order valence-electron chi connectivity index (χ0n) is 16.9. The second-order valence-corrected chi connectivity index (χ2v) is 8.72. The highest BCUT2D eigenvalue weighted by molar-refractivity contribution is 6.04. The van der Waals surface area contributed by atoms with Crippen molar-refractivity contribution in [3.05, 3.63) is 30.0 Å². The molecule has 2 saturated heterocycles. The highest BCUT2D eigenvalue weighted by Gasteiger charge is 2.39. The van der Waals surface area contributed by atoms with Crippen molar-refractivity contribution in [2.45, 2.75) is 44.8 Å². The lowest BCUT2D eigenvalue weighted by molar-refractivity contribution is -0.00573. The minimum absolute atomic E-state index is 0.0431. The summed E-state index contributed by atoms with van der Waals surface area (Å²) in [6.07, 6.45) is 2.02. The molecule has 2 aromatic rings. The van der Waals surface area contributed by atoms with Gasteiger partial charge < -0.3 is 5.32 Å². The van der Waals surface area contributed by atoms with Gasteiger partial charge in [0.1, 0.15) is 0 Å². The smallest absolute Gasteiger partial charge is 0.272 e. The quantitative estimate of drug-likeness (QED) is 0.897. The number of likely N-dealkylation sites (tertiary alicyclic amines) is 1. The van der Waals surface area contributed by atoms with Gasteiger partial charge in [-0.1, -0.05) is 32.0 Å². The van der Waals surface area contributed by atoms with Gasteiger partial charge in [0.15, 0.2) is 5.69 Å². The summed E-state index contributed by atoms with van der Waals surface area (Å²) in [6.45, 7) is 7.94. The molecule has 3 heterocycles. The van der Waals surface area contributed by atoms with E-state index in [1.807, 2.05) is 31.3 Å². The molecule has 1 aromatic carbocycles. The third-order valence-electron chi connectivity index (χ3n) is 6.13. The first kappa shape index (κ1) is 18.4. The van der Waals surface area contributed by atoms with Gasteiger partial charge in [-0.15, -0.1) is 0 Å². The topological polar surface area (TPSA) is 53.4 Å². The van der Waals surface area contributed by atoms with Gasteiger partial charge in [-0.3, -0.25) is 19.3 Å². The maximum atomic E-state index is 12.9. The van der Waals surface area contributed by atoms with Gasteiger partial charge in [0, 0.05) is 50.2 Å². The lowest BCUT2D eigenvalue weighted by Crippen LogP contribution is -2.64. The Kier molecular flexibility index (Phi) is 4.95. The number of amides is 1. The summed E-state index contributed by atoms with van der Waals surface area (Å²) in [7, 11) is 4.13. The van der Waals surface area contributed by atoms with Crippen molar-refractivity contribution < 1.29 is 4.79 Å². The number of aromatic nitrogens is 2. The maximum absolute atomic E-state index is 12.9. The van der Waals surface area contributed by atoms with Gasteiger partial charge in [0.25, 0.3) is 5.91 Å². The van der Waals surface area contributed by atoms with Gasteiger partial charge in [-0.05, 0) is 31.9 Å². The third kappa shape index (κ3) is 3.60. The van der Waals surface area contributed by atoms with Crippen LogP contribution in [0.1, 0.15) is 37.2 Å². The fourth-order valence-electron chi connectivity index (χ4n) is 4.88. The summed E-state index contributed by atoms with van der Waals surface area (Å²) in [5, 5.41) is 8.68. The minimum Gasteiger partial charge on any atom is -0.348 e. The van der Waals surface area contributed by atoms with Crippen LogP contribution >= 0.6 is 0 Å². The van der Waals surface area contributed by atoms with Crippen molar-refractivity contribution in [3.63, 3.8) is 0 Å². The van der Waals surface area contributed by atoms with Crippen LogP contribution in [-0.4, -0.2) is 70.3 Å². The Morgan fingerprint density at radius 3 is 2.52 bits per heavy atom. The normalized spacial score (nSPS) is 26.6. The number of aryl methyl sites for hydroxylation is 1. The molecule has 4 rings (SSSR count). The summed E-state index contributed by atoms with van der Waals surface area (Å²) in [6, 6.07) is 9.18. The molecule has 2 unspecified atom stereocenters. The van der Waals surface area contributed by atoms with Crippen molar-refractivity contribution in [2.75, 3.05) is 26.7 Å². The molecule has 0 saturated carbocycles. The first-order valence-electron chi connectivity index (χ1n) is 10.1. The molecule has 2 aliphatic rings. The predicted octanol–water partition coefficient (Wildman–Crippen LogP) is 2.11. The van der Waals surface area contributed by atoms with E-state index >= 15 is 0 Å². The third-order valence-corrected chi connectivity index (χ3v) is 6.13. The Bertz CT molecular complexity index is 813. The summed E-state index contributed by atoms with van der Waals surface area (Å²) in [5.41, 5.74) is 1.53. The first-order valence-corrected chi connectivity index (χ1v) is 10.1. The average Bonchev–Trinajstić information content (AvgIpc) is 2.94. The lowest BCUT2D eigenvalue weighted by atomic mass is 9.87. The SMILES string of the molecule is CC(C)CN1CC2CC(NC(=O)c3nn(C)c4ccccc34)CC(C1)N2C. The number of hydrogen-bond donors (Lipinski definition) is 1. The highest BCUT2D eigenvalue weighted by atomic mass is 16.2. The average molecular weight is 370 g/mol. The number of fused-ring (bicyclic) bond motifs is 3. The molecule has 2 atom stereocenters. The fourth-order valence-corrected chi connectivity index (χ4v) is 4.88. The first-order chi connectivity index (χ1) is 12.9. The standard InChI is InChI=1S/C21H31N5O/c1-14(2)11-26-12-16-9-15(10-17(13-26)24(16)3)22-21(27)20-18-7-5-6-8-19(18)25(4)23-20/h5-8,14-17H,9-13H2,1-4H3,(H,22,27). The lowest BCUT2D eigenvalue weighted by Gasteiger charge is -2.51. The van der Waals surface area contributed by atoms with E-state index in [0.717, 1.165) is 43.4 Å². The number of likely N-dealkylation sites (N-methyl/N-ethyl adjacent to an activating group) is 1. The van der Waals surface area contributed by atoms with Gasteiger partial charge in [-0.25, -0.2) is 0 Å². The van der Waals surface area contributed by atoms with Crippen LogP contribution in [-0.2, 0) is 7.05 Å². The summed E-state index contributed by atoms with van der Waals surface area (Å²) in [5.74, 6) is 0.653. The van der Waals surface area contributed by atoms with E-state index in [9.17, 15) is 4.79 Å². The van der Waals surface area contributed by atoms with Crippen molar-refractivity contribution in [3.8, 4) is 0 Å². The van der Waals surface area contributed by atoms with Crippen molar-refractivity contribution in [1.29, 1.82) is 0 Å². The Labute approximate surface area is 161 Å². The Morgan fingerprint density at radius 1 is 1.19 bits per heavy atom. The molecule has 146 valence electrons. The van der Waals surface area contributed by atoms with Crippen molar-refractivity contribution in [2.24, 2.45) is 13.0 Å². The number of nitrogens with one attached hydrogen (secondary N) is 1. The summed E-state index contributed by atoms with van der Waals surface area (Å²) < 4.78 is 1.79. The zero-order valence-corrected chi connectivity index (χ0v) is 16.9. The second-order valence-electron chi connectivity index (χ2n) is 8.72. The van der Waals surface area contributed by atoms with E-state index in [2.05, 4.69) is 41.1 Å². The molecule has 0 spiro atoms. The predicted molar refractivity (Wildman–Crippen MR) is 108 cm³/mol. The van der Waals surface area contributed by atoms with E-state index in [-0.39, 0.29) is 11.9 Å². The van der Waals surface area contributed by atoms with E-state index in [1.165, 1.54) is 0 Å². The number of para-hydroxylation sites is 1. The molecule has 1 amide bonds. The number of piperidine rings is 1. The molecule has 1 N–H and O–H groups in total. The van der Waals surface area contributed by atoms with Crippen LogP contribution in [0.15, 0.2) is 24.3 Å². The van der Waals surface area contributed by atoms with Crippen LogP contribution in [0.4, 0.5) is 0 Å². The largest absolute Gasteiger partial charge is 0.348 e. The van der Waals surface area contributed by atoms with Crippen LogP contribution in [0.3, 0.4) is 0 Å². The minimum atomic E-state index is -0.0431. The Hall–Kier alpha value is -1.92. The molecule has 1 aromatic heterocycles. The number of carbonyl (C=O) groups is 1. The number of piperazine rings is 1. The molecular formula is C21H31N5O. The van der Waals surface area contributed by atoms with Crippen LogP contribution in [0, 0.1) is 5.92 Å². The van der Waals surface area contributed by atoms with Gasteiger partial charge >= 0.3 is 0 Å². The number of rotatable bonds is 4. The Morgan fingerprint density at radius 2 is 1.85 bits per heavy atom. The van der Waals surface area contributed by atoms with Crippen LogP contribution in [0.5, 0.6) is 0 Å². The molecular weight excluding hydrogens is 338 g/mol. The Balaban J connectivity index is 1.46. The molecule has 2 aliphatic heterocycles. The van der Waals surface area contributed by atoms with Crippen molar-refractivity contribution >= 4 is 16.8 Å². The monoisotopic (exact) mass is 369 g/mol. The van der Waals surface area contributed by atoms with E-state index in [0.29, 0.717) is 23.7 Å². The van der Waals surface area contributed by atoms with Gasteiger partial charge in [-0.2, -0.15) is 5.10 Å². The van der Waals surface area contributed by atoms with Gasteiger partial charge in [0.05, 0.1) is 5.52 Å². The molecule has 0 aliphatic carbocycles. The number of hydrogen-bond acceptors (Lipinski definition) is 4.